The maximum atomic E-state index is 13.0. The molecule has 2 aromatic rings. The Labute approximate surface area is 142 Å². The van der Waals surface area contributed by atoms with Crippen molar-refractivity contribution in [1.82, 2.24) is 10.3 Å². The van der Waals surface area contributed by atoms with Crippen molar-refractivity contribution in [3.63, 3.8) is 0 Å². The van der Waals surface area contributed by atoms with Crippen LogP contribution in [0.5, 0.6) is 0 Å². The summed E-state index contributed by atoms with van der Waals surface area (Å²) in [6.45, 7) is 0. The largest absolute Gasteiger partial charge is 0.467 e. The van der Waals surface area contributed by atoms with Gasteiger partial charge in [0.05, 0.1) is 7.11 Å². The van der Waals surface area contributed by atoms with E-state index in [1.165, 1.54) is 30.6 Å². The van der Waals surface area contributed by atoms with Crippen LogP contribution in [-0.2, 0) is 9.53 Å². The second-order valence-corrected chi connectivity index (χ2v) is 6.64. The maximum Gasteiger partial charge on any atom is 0.331 e. The van der Waals surface area contributed by atoms with Crippen LogP contribution < -0.4 is 5.32 Å². The Balaban J connectivity index is 1.78. The van der Waals surface area contributed by atoms with Gasteiger partial charge in [0.15, 0.2) is 0 Å². The molecule has 1 fully saturated rings. The van der Waals surface area contributed by atoms with Gasteiger partial charge in [-0.2, -0.15) is 0 Å². The molecular weight excluding hydrogens is 331 g/mol. The van der Waals surface area contributed by atoms with E-state index >= 15 is 0 Å². The highest BCUT2D eigenvalue weighted by atomic mass is 32.1. The lowest BCUT2D eigenvalue weighted by Gasteiger charge is -2.26. The Hall–Kier alpha value is -2.28. The average molecular weight is 348 g/mol. The van der Waals surface area contributed by atoms with Crippen molar-refractivity contribution in [2.45, 2.75) is 31.2 Å². The zero-order valence-electron chi connectivity index (χ0n) is 13.2. The van der Waals surface area contributed by atoms with Crippen molar-refractivity contribution in [3.8, 4) is 10.6 Å². The standard InChI is InChI=1S/C17H17FN2O3S/c1-23-16(22)17(8-2-3-9-17)20-14(21)13-10-24-15(19-13)11-4-6-12(18)7-5-11/h4-7,10H,2-3,8-9H2,1H3,(H,20,21). The van der Waals surface area contributed by atoms with Crippen LogP contribution in [0.15, 0.2) is 29.6 Å². The molecule has 1 aromatic carbocycles. The maximum absolute atomic E-state index is 13.0. The molecule has 1 saturated carbocycles. The molecule has 126 valence electrons. The summed E-state index contributed by atoms with van der Waals surface area (Å²) < 4.78 is 17.8. The monoisotopic (exact) mass is 348 g/mol. The Bertz CT molecular complexity index is 751. The molecular formula is C17H17FN2O3S. The third kappa shape index (κ3) is 3.17. The predicted octanol–water partition coefficient (Wildman–Crippen LogP) is 3.16. The molecule has 0 spiro atoms. The van der Waals surface area contributed by atoms with Crippen molar-refractivity contribution in [2.24, 2.45) is 0 Å². The number of amides is 1. The number of carbonyl (C=O) groups excluding carboxylic acids is 2. The summed E-state index contributed by atoms with van der Waals surface area (Å²) in [4.78, 5) is 28.9. The van der Waals surface area contributed by atoms with Crippen molar-refractivity contribution in [1.29, 1.82) is 0 Å². The number of thiazole rings is 1. The van der Waals surface area contributed by atoms with Crippen molar-refractivity contribution >= 4 is 23.2 Å². The molecule has 1 aliphatic rings. The molecule has 0 bridgehead atoms. The van der Waals surface area contributed by atoms with Gasteiger partial charge >= 0.3 is 5.97 Å². The van der Waals surface area contributed by atoms with E-state index in [2.05, 4.69) is 10.3 Å². The summed E-state index contributed by atoms with van der Waals surface area (Å²) in [5, 5.41) is 5.06. The summed E-state index contributed by atoms with van der Waals surface area (Å²) in [5.41, 5.74) is 0.0318. The first kappa shape index (κ1) is 16.6. The van der Waals surface area contributed by atoms with Gasteiger partial charge in [-0.1, -0.05) is 12.8 Å². The number of ether oxygens (including phenoxy) is 1. The van der Waals surface area contributed by atoms with Crippen LogP contribution in [0.25, 0.3) is 10.6 Å². The Morgan fingerprint density at radius 2 is 1.92 bits per heavy atom. The van der Waals surface area contributed by atoms with Gasteiger partial charge < -0.3 is 10.1 Å². The number of hydrogen-bond acceptors (Lipinski definition) is 5. The molecule has 5 nitrogen and oxygen atoms in total. The van der Waals surface area contributed by atoms with Crippen LogP contribution >= 0.6 is 11.3 Å². The van der Waals surface area contributed by atoms with Crippen LogP contribution in [0.1, 0.15) is 36.2 Å². The van der Waals surface area contributed by atoms with E-state index in [9.17, 15) is 14.0 Å². The van der Waals surface area contributed by atoms with E-state index < -0.39 is 17.4 Å². The second-order valence-electron chi connectivity index (χ2n) is 5.78. The van der Waals surface area contributed by atoms with Crippen molar-refractivity contribution < 1.29 is 18.7 Å². The lowest BCUT2D eigenvalue weighted by atomic mass is 9.97. The van der Waals surface area contributed by atoms with Crippen molar-refractivity contribution in [3.05, 3.63) is 41.2 Å². The molecule has 0 aliphatic heterocycles. The molecule has 1 amide bonds. The zero-order chi connectivity index (χ0) is 17.2. The number of halogens is 1. The smallest absolute Gasteiger partial charge is 0.331 e. The van der Waals surface area contributed by atoms with E-state index in [4.69, 9.17) is 4.74 Å². The number of nitrogens with zero attached hydrogens (tertiary/aromatic N) is 1. The van der Waals surface area contributed by atoms with E-state index in [0.717, 1.165) is 18.4 Å². The molecule has 7 heteroatoms. The molecule has 0 unspecified atom stereocenters. The molecule has 0 radical (unpaired) electrons. The Kier molecular flexibility index (Phi) is 4.62. The summed E-state index contributed by atoms with van der Waals surface area (Å²) in [6, 6.07) is 5.92. The van der Waals surface area contributed by atoms with Gasteiger partial charge in [-0.25, -0.2) is 14.2 Å². The minimum Gasteiger partial charge on any atom is -0.467 e. The summed E-state index contributed by atoms with van der Waals surface area (Å²) in [5.74, 6) is -1.14. The average Bonchev–Trinajstić information content (AvgIpc) is 3.25. The van der Waals surface area contributed by atoms with Gasteiger partial charge in [0, 0.05) is 10.9 Å². The zero-order valence-corrected chi connectivity index (χ0v) is 14.0. The minimum atomic E-state index is -0.953. The second kappa shape index (κ2) is 6.68. The number of benzene rings is 1. The topological polar surface area (TPSA) is 68.3 Å². The lowest BCUT2D eigenvalue weighted by Crippen LogP contribution is -2.53. The Morgan fingerprint density at radius 3 is 2.54 bits per heavy atom. The molecule has 0 saturated heterocycles. The molecule has 24 heavy (non-hydrogen) atoms. The number of aromatic nitrogens is 1. The van der Waals surface area contributed by atoms with Crippen LogP contribution in [0.4, 0.5) is 4.39 Å². The third-order valence-electron chi connectivity index (χ3n) is 4.21. The molecule has 1 aliphatic carbocycles. The fraction of sp³-hybridized carbons (Fsp3) is 0.353. The number of rotatable bonds is 4. The highest BCUT2D eigenvalue weighted by Gasteiger charge is 2.44. The van der Waals surface area contributed by atoms with E-state index in [0.29, 0.717) is 17.8 Å². The number of methoxy groups -OCH3 is 1. The summed E-state index contributed by atoms with van der Waals surface area (Å²) >= 11 is 1.30. The predicted molar refractivity (Wildman–Crippen MR) is 88.2 cm³/mol. The molecule has 1 aromatic heterocycles. The summed E-state index contributed by atoms with van der Waals surface area (Å²) in [6.07, 6.45) is 2.88. The highest BCUT2D eigenvalue weighted by molar-refractivity contribution is 7.13. The fourth-order valence-corrected chi connectivity index (χ4v) is 3.74. The van der Waals surface area contributed by atoms with E-state index in [1.807, 2.05) is 0 Å². The van der Waals surface area contributed by atoms with Crippen LogP contribution in [0.2, 0.25) is 0 Å². The van der Waals surface area contributed by atoms with E-state index in [-0.39, 0.29) is 11.5 Å². The lowest BCUT2D eigenvalue weighted by molar-refractivity contribution is -0.148. The quantitative estimate of drug-likeness (QED) is 0.862. The number of hydrogen-bond donors (Lipinski definition) is 1. The van der Waals surface area contributed by atoms with Gasteiger partial charge in [0.1, 0.15) is 22.1 Å². The first-order valence-corrected chi connectivity index (χ1v) is 8.54. The fourth-order valence-electron chi connectivity index (χ4n) is 2.94. The minimum absolute atomic E-state index is 0.245. The van der Waals surface area contributed by atoms with Crippen LogP contribution in [0.3, 0.4) is 0 Å². The number of carbonyl (C=O) groups is 2. The first-order valence-electron chi connectivity index (χ1n) is 7.66. The van der Waals surface area contributed by atoms with Gasteiger partial charge in [0.2, 0.25) is 0 Å². The van der Waals surface area contributed by atoms with Crippen molar-refractivity contribution in [2.75, 3.05) is 7.11 Å². The number of nitrogens with one attached hydrogen (secondary N) is 1. The van der Waals surface area contributed by atoms with Gasteiger partial charge in [-0.15, -0.1) is 11.3 Å². The molecule has 0 atom stereocenters. The van der Waals surface area contributed by atoms with Crippen LogP contribution in [-0.4, -0.2) is 29.5 Å². The SMILES string of the molecule is COC(=O)C1(NC(=O)c2csc(-c3ccc(F)cc3)n2)CCCC1. The normalized spacial score (nSPS) is 15.9. The molecule has 3 rings (SSSR count). The molecule has 1 heterocycles. The molecule has 1 N–H and O–H groups in total. The van der Waals surface area contributed by atoms with E-state index in [1.54, 1.807) is 17.5 Å². The van der Waals surface area contributed by atoms with Gasteiger partial charge in [-0.05, 0) is 37.1 Å². The van der Waals surface area contributed by atoms with Crippen LogP contribution in [0, 0.1) is 5.82 Å². The first-order chi connectivity index (χ1) is 11.5. The summed E-state index contributed by atoms with van der Waals surface area (Å²) in [7, 11) is 1.32. The van der Waals surface area contributed by atoms with Gasteiger partial charge in [-0.3, -0.25) is 4.79 Å². The highest BCUT2D eigenvalue weighted by Crippen LogP contribution is 2.31. The third-order valence-corrected chi connectivity index (χ3v) is 5.11. The Morgan fingerprint density at radius 1 is 1.25 bits per heavy atom. The number of esters is 1. The van der Waals surface area contributed by atoms with Gasteiger partial charge in [0.25, 0.3) is 5.91 Å².